The first-order chi connectivity index (χ1) is 13.6. The predicted octanol–water partition coefficient (Wildman–Crippen LogP) is 4.54. The number of methoxy groups -OCH3 is 1. The summed E-state index contributed by atoms with van der Waals surface area (Å²) >= 11 is 0. The van der Waals surface area contributed by atoms with Gasteiger partial charge < -0.3 is 14.8 Å². The summed E-state index contributed by atoms with van der Waals surface area (Å²) in [4.78, 5) is 25.4. The Morgan fingerprint density at radius 1 is 0.857 bits per heavy atom. The Bertz CT molecular complexity index is 935. The highest BCUT2D eigenvalue weighted by Gasteiger charge is 2.25. The zero-order chi connectivity index (χ0) is 19.9. The van der Waals surface area contributed by atoms with E-state index in [1.54, 1.807) is 67.8 Å². The molecular weight excluding hydrogens is 354 g/mol. The summed E-state index contributed by atoms with van der Waals surface area (Å²) in [5.41, 5.74) is 2.60. The lowest BCUT2D eigenvalue weighted by molar-refractivity contribution is -0.125. The van der Waals surface area contributed by atoms with E-state index >= 15 is 0 Å². The average Bonchev–Trinajstić information content (AvgIpc) is 2.73. The molecule has 0 spiro atoms. The highest BCUT2D eigenvalue weighted by molar-refractivity contribution is 5.98. The Morgan fingerprint density at radius 3 is 2.11 bits per heavy atom. The summed E-state index contributed by atoms with van der Waals surface area (Å²) in [6.45, 7) is 1.93. The van der Waals surface area contributed by atoms with Crippen molar-refractivity contribution in [3.8, 4) is 5.75 Å². The summed E-state index contributed by atoms with van der Waals surface area (Å²) in [5, 5.41) is 2.79. The molecule has 0 heterocycles. The zero-order valence-electron chi connectivity index (χ0n) is 15.7. The van der Waals surface area contributed by atoms with Crippen molar-refractivity contribution in [1.82, 2.24) is 0 Å². The summed E-state index contributed by atoms with van der Waals surface area (Å²) in [7, 11) is 1.57. The van der Waals surface area contributed by atoms with Crippen molar-refractivity contribution in [2.75, 3.05) is 12.4 Å². The highest BCUT2D eigenvalue weighted by atomic mass is 16.5. The molecule has 0 bridgehead atoms. The van der Waals surface area contributed by atoms with Crippen LogP contribution in [0.3, 0.4) is 0 Å². The Labute approximate surface area is 163 Å². The van der Waals surface area contributed by atoms with E-state index in [0.717, 1.165) is 5.56 Å². The van der Waals surface area contributed by atoms with Crippen LogP contribution in [0.5, 0.6) is 5.75 Å². The molecule has 0 aromatic heterocycles. The van der Waals surface area contributed by atoms with Crippen LogP contribution in [0.15, 0.2) is 78.9 Å². The summed E-state index contributed by atoms with van der Waals surface area (Å²) in [5.74, 6) is -0.307. The molecule has 3 aromatic carbocycles. The monoisotopic (exact) mass is 375 g/mol. The maximum atomic E-state index is 12.9. The van der Waals surface area contributed by atoms with Crippen LogP contribution in [0, 0.1) is 6.92 Å². The molecule has 0 aliphatic heterocycles. The summed E-state index contributed by atoms with van der Waals surface area (Å²) < 4.78 is 10.7. The molecule has 1 atom stereocenters. The topological polar surface area (TPSA) is 64.6 Å². The molecule has 0 saturated heterocycles. The molecule has 1 N–H and O–H groups in total. The van der Waals surface area contributed by atoms with Crippen LogP contribution in [0.2, 0.25) is 0 Å². The Hall–Kier alpha value is -3.60. The van der Waals surface area contributed by atoms with Gasteiger partial charge >= 0.3 is 5.97 Å². The van der Waals surface area contributed by atoms with E-state index in [4.69, 9.17) is 9.47 Å². The van der Waals surface area contributed by atoms with Gasteiger partial charge in [0.05, 0.1) is 12.7 Å². The van der Waals surface area contributed by atoms with Crippen LogP contribution in [0.1, 0.15) is 27.6 Å². The summed E-state index contributed by atoms with van der Waals surface area (Å²) in [6.07, 6.45) is -1.07. The first-order valence-corrected chi connectivity index (χ1v) is 8.84. The molecule has 3 rings (SSSR count). The Kier molecular flexibility index (Phi) is 6.07. The number of hydrogen-bond donors (Lipinski definition) is 1. The standard InChI is InChI=1S/C23H21NO4/c1-16-8-10-18(11-9-16)23(26)28-21(17-6-4-3-5-7-17)22(25)24-19-12-14-20(27-2)15-13-19/h3-15,21H,1-2H3,(H,24,25). The Morgan fingerprint density at radius 2 is 1.50 bits per heavy atom. The number of hydrogen-bond acceptors (Lipinski definition) is 4. The second-order valence-corrected chi connectivity index (χ2v) is 6.28. The second-order valence-electron chi connectivity index (χ2n) is 6.28. The van der Waals surface area contributed by atoms with Crippen molar-refractivity contribution in [3.05, 3.63) is 95.6 Å². The molecule has 28 heavy (non-hydrogen) atoms. The number of nitrogens with one attached hydrogen (secondary N) is 1. The largest absolute Gasteiger partial charge is 0.497 e. The lowest BCUT2D eigenvalue weighted by atomic mass is 10.1. The fraction of sp³-hybridized carbons (Fsp3) is 0.130. The van der Waals surface area contributed by atoms with Crippen molar-refractivity contribution in [3.63, 3.8) is 0 Å². The molecule has 0 saturated carbocycles. The Balaban J connectivity index is 1.81. The maximum Gasteiger partial charge on any atom is 0.339 e. The highest BCUT2D eigenvalue weighted by Crippen LogP contribution is 2.23. The SMILES string of the molecule is COc1ccc(NC(=O)C(OC(=O)c2ccc(C)cc2)c2ccccc2)cc1. The van der Waals surface area contributed by atoms with Gasteiger partial charge in [0.1, 0.15) is 5.75 Å². The van der Waals surface area contributed by atoms with E-state index in [2.05, 4.69) is 5.32 Å². The summed E-state index contributed by atoms with van der Waals surface area (Å²) in [6, 6.07) is 22.9. The van der Waals surface area contributed by atoms with Crippen LogP contribution in [0.4, 0.5) is 5.69 Å². The van der Waals surface area contributed by atoms with E-state index in [0.29, 0.717) is 22.6 Å². The van der Waals surface area contributed by atoms with Crippen LogP contribution in [-0.4, -0.2) is 19.0 Å². The van der Waals surface area contributed by atoms with E-state index in [-0.39, 0.29) is 0 Å². The molecule has 0 aliphatic carbocycles. The number of ether oxygens (including phenoxy) is 2. The lowest BCUT2D eigenvalue weighted by Gasteiger charge is -2.18. The van der Waals surface area contributed by atoms with Gasteiger partial charge in [-0.3, -0.25) is 4.79 Å². The molecule has 0 radical (unpaired) electrons. The van der Waals surface area contributed by atoms with Crippen molar-refractivity contribution in [1.29, 1.82) is 0 Å². The molecule has 1 unspecified atom stereocenters. The number of amides is 1. The predicted molar refractivity (Wildman–Crippen MR) is 107 cm³/mol. The van der Waals surface area contributed by atoms with Crippen LogP contribution in [-0.2, 0) is 9.53 Å². The van der Waals surface area contributed by atoms with Crippen molar-refractivity contribution in [2.45, 2.75) is 13.0 Å². The number of carbonyl (C=O) groups excluding carboxylic acids is 2. The van der Waals surface area contributed by atoms with E-state index in [9.17, 15) is 9.59 Å². The second kappa shape index (κ2) is 8.86. The minimum Gasteiger partial charge on any atom is -0.497 e. The van der Waals surface area contributed by atoms with Crippen LogP contribution < -0.4 is 10.1 Å². The molecule has 5 nitrogen and oxygen atoms in total. The molecule has 0 fully saturated rings. The van der Waals surface area contributed by atoms with Crippen LogP contribution in [0.25, 0.3) is 0 Å². The molecular formula is C23H21NO4. The van der Waals surface area contributed by atoms with E-state index in [1.807, 2.05) is 25.1 Å². The van der Waals surface area contributed by atoms with E-state index < -0.39 is 18.0 Å². The van der Waals surface area contributed by atoms with Gasteiger partial charge in [-0.15, -0.1) is 0 Å². The zero-order valence-corrected chi connectivity index (χ0v) is 15.7. The number of benzene rings is 3. The third-order valence-electron chi connectivity index (χ3n) is 4.21. The number of aryl methyl sites for hydroxylation is 1. The van der Waals surface area contributed by atoms with Crippen molar-refractivity contribution < 1.29 is 19.1 Å². The van der Waals surface area contributed by atoms with E-state index in [1.165, 1.54) is 0 Å². The van der Waals surface area contributed by atoms with Gasteiger partial charge in [-0.05, 0) is 43.3 Å². The first kappa shape index (κ1) is 19.2. The third-order valence-corrected chi connectivity index (χ3v) is 4.21. The first-order valence-electron chi connectivity index (χ1n) is 8.84. The number of esters is 1. The number of anilines is 1. The fourth-order valence-electron chi connectivity index (χ4n) is 2.65. The van der Waals surface area contributed by atoms with Gasteiger partial charge in [-0.25, -0.2) is 4.79 Å². The molecule has 5 heteroatoms. The maximum absolute atomic E-state index is 12.9. The van der Waals surface area contributed by atoms with Gasteiger partial charge in [-0.1, -0.05) is 48.0 Å². The van der Waals surface area contributed by atoms with Gasteiger partial charge in [0.2, 0.25) is 6.10 Å². The minimum absolute atomic E-state index is 0.392. The van der Waals surface area contributed by atoms with Gasteiger partial charge in [0, 0.05) is 11.3 Å². The molecule has 3 aromatic rings. The molecule has 0 aliphatic rings. The van der Waals surface area contributed by atoms with Crippen molar-refractivity contribution in [2.24, 2.45) is 0 Å². The molecule has 142 valence electrons. The van der Waals surface area contributed by atoms with Gasteiger partial charge in [0.15, 0.2) is 0 Å². The van der Waals surface area contributed by atoms with Gasteiger partial charge in [-0.2, -0.15) is 0 Å². The van der Waals surface area contributed by atoms with Crippen LogP contribution >= 0.6 is 0 Å². The fourth-order valence-corrected chi connectivity index (χ4v) is 2.65. The smallest absolute Gasteiger partial charge is 0.339 e. The third kappa shape index (κ3) is 4.76. The minimum atomic E-state index is -1.07. The number of carbonyl (C=O) groups is 2. The molecule has 1 amide bonds. The average molecular weight is 375 g/mol. The number of rotatable bonds is 6. The lowest BCUT2D eigenvalue weighted by Crippen LogP contribution is -2.26. The van der Waals surface area contributed by atoms with Gasteiger partial charge in [0.25, 0.3) is 5.91 Å². The normalized spacial score (nSPS) is 11.4. The van der Waals surface area contributed by atoms with Crippen molar-refractivity contribution >= 4 is 17.6 Å². The quantitative estimate of drug-likeness (QED) is 0.643.